The minimum atomic E-state index is -0.390. The number of halogens is 1. The monoisotopic (exact) mass is 332 g/mol. The molecule has 0 aliphatic carbocycles. The lowest BCUT2D eigenvalue weighted by atomic mass is 10.2. The van der Waals surface area contributed by atoms with E-state index in [4.69, 9.17) is 0 Å². The Morgan fingerprint density at radius 1 is 1.50 bits per heavy atom. The number of nitro groups is 1. The summed E-state index contributed by atoms with van der Waals surface area (Å²) in [5.74, 6) is 0. The summed E-state index contributed by atoms with van der Waals surface area (Å²) in [6.45, 7) is 5.94. The Labute approximate surface area is 120 Å². The van der Waals surface area contributed by atoms with Gasteiger partial charge in [-0.25, -0.2) is 0 Å². The Hall–Kier alpha value is -0.590. The average Bonchev–Trinajstić information content (AvgIpc) is 2.31. The van der Waals surface area contributed by atoms with Gasteiger partial charge in [-0.15, -0.1) is 0 Å². The van der Waals surface area contributed by atoms with Crippen molar-refractivity contribution in [2.24, 2.45) is 0 Å². The Balaban J connectivity index is 2.61. The minimum absolute atomic E-state index is 0.107. The molecule has 0 aliphatic rings. The lowest BCUT2D eigenvalue weighted by Gasteiger charge is -2.22. The van der Waals surface area contributed by atoms with E-state index in [0.29, 0.717) is 6.54 Å². The fourth-order valence-electron chi connectivity index (χ4n) is 1.36. The first-order valence-corrected chi connectivity index (χ1v) is 7.56. The highest BCUT2D eigenvalue weighted by atomic mass is 79.9. The molecule has 0 fully saturated rings. The van der Waals surface area contributed by atoms with Crippen LogP contribution < -0.4 is 5.32 Å². The number of hydrogen-bond acceptors (Lipinski definition) is 4. The van der Waals surface area contributed by atoms with Gasteiger partial charge in [0.25, 0.3) is 5.69 Å². The zero-order valence-electron chi connectivity index (χ0n) is 10.7. The van der Waals surface area contributed by atoms with Crippen LogP contribution in [-0.4, -0.2) is 22.5 Å². The molecule has 0 amide bonds. The molecule has 0 bridgehead atoms. The van der Waals surface area contributed by atoms with Crippen molar-refractivity contribution in [3.63, 3.8) is 0 Å². The Morgan fingerprint density at radius 3 is 2.67 bits per heavy atom. The quantitative estimate of drug-likeness (QED) is 0.638. The molecule has 100 valence electrons. The van der Waals surface area contributed by atoms with Crippen LogP contribution in [0, 0.1) is 10.1 Å². The molecule has 0 aromatic heterocycles. The maximum atomic E-state index is 10.6. The molecule has 6 heteroatoms. The van der Waals surface area contributed by atoms with Crippen molar-refractivity contribution in [1.29, 1.82) is 0 Å². The average molecular weight is 333 g/mol. The molecule has 0 saturated carbocycles. The van der Waals surface area contributed by atoms with Gasteiger partial charge in [-0.05, 0) is 31.7 Å². The third kappa shape index (κ3) is 4.59. The number of rotatable bonds is 6. The van der Waals surface area contributed by atoms with Crippen molar-refractivity contribution in [3.8, 4) is 0 Å². The van der Waals surface area contributed by atoms with Crippen molar-refractivity contribution in [2.45, 2.75) is 25.1 Å². The van der Waals surface area contributed by atoms with Gasteiger partial charge in [0, 0.05) is 34.4 Å². The molecular weight excluding hydrogens is 316 g/mol. The summed E-state index contributed by atoms with van der Waals surface area (Å²) in [6.07, 6.45) is 2.09. The zero-order chi connectivity index (χ0) is 13.8. The van der Waals surface area contributed by atoms with Crippen molar-refractivity contribution < 1.29 is 4.92 Å². The van der Waals surface area contributed by atoms with E-state index in [1.54, 1.807) is 6.07 Å². The fourth-order valence-corrected chi connectivity index (χ4v) is 2.12. The zero-order valence-corrected chi connectivity index (χ0v) is 13.1. The molecule has 0 saturated heterocycles. The summed E-state index contributed by atoms with van der Waals surface area (Å²) in [7, 11) is 0. The number of hydrogen-bond donors (Lipinski definition) is 1. The van der Waals surface area contributed by atoms with Crippen molar-refractivity contribution in [3.05, 3.63) is 38.3 Å². The largest absolute Gasteiger partial charge is 0.311 e. The van der Waals surface area contributed by atoms with Crippen LogP contribution in [0.4, 0.5) is 5.69 Å². The molecule has 0 radical (unpaired) electrons. The van der Waals surface area contributed by atoms with Gasteiger partial charge in [-0.1, -0.05) is 15.9 Å². The number of nitrogens with one attached hydrogen (secondary N) is 1. The van der Waals surface area contributed by atoms with E-state index >= 15 is 0 Å². The first-order valence-electron chi connectivity index (χ1n) is 5.54. The summed E-state index contributed by atoms with van der Waals surface area (Å²) >= 11 is 5.17. The molecule has 1 N–H and O–H groups in total. The highest BCUT2D eigenvalue weighted by Crippen LogP contribution is 2.24. The van der Waals surface area contributed by atoms with E-state index in [1.807, 2.05) is 11.8 Å². The van der Waals surface area contributed by atoms with E-state index in [1.165, 1.54) is 12.1 Å². The van der Waals surface area contributed by atoms with Crippen LogP contribution in [-0.2, 0) is 6.54 Å². The third-order valence-corrected chi connectivity index (χ3v) is 4.65. The van der Waals surface area contributed by atoms with Gasteiger partial charge < -0.3 is 5.32 Å². The number of nitro benzene ring substituents is 1. The van der Waals surface area contributed by atoms with Crippen LogP contribution in [0.15, 0.2) is 22.7 Å². The normalized spacial score (nSPS) is 11.6. The maximum absolute atomic E-state index is 10.6. The first kappa shape index (κ1) is 15.5. The first-order chi connectivity index (χ1) is 8.35. The van der Waals surface area contributed by atoms with Crippen LogP contribution in [0.2, 0.25) is 0 Å². The molecule has 0 spiro atoms. The van der Waals surface area contributed by atoms with Gasteiger partial charge in [-0.2, -0.15) is 11.8 Å². The maximum Gasteiger partial charge on any atom is 0.270 e. The Morgan fingerprint density at radius 2 is 2.17 bits per heavy atom. The van der Waals surface area contributed by atoms with Gasteiger partial charge in [0.2, 0.25) is 0 Å². The molecule has 0 atom stereocenters. The van der Waals surface area contributed by atoms with Crippen molar-refractivity contribution in [1.82, 2.24) is 5.32 Å². The second-order valence-corrected chi connectivity index (χ2v) is 6.97. The topological polar surface area (TPSA) is 55.2 Å². The van der Waals surface area contributed by atoms with E-state index in [0.717, 1.165) is 16.6 Å². The molecular formula is C12H17BrN2O2S. The Kier molecular flexibility index (Phi) is 5.62. The number of non-ortho nitro benzene ring substituents is 1. The molecule has 4 nitrogen and oxygen atoms in total. The van der Waals surface area contributed by atoms with E-state index < -0.39 is 4.92 Å². The summed E-state index contributed by atoms with van der Waals surface area (Å²) in [4.78, 5) is 10.2. The predicted octanol–water partition coefficient (Wildman–Crippen LogP) is 3.59. The molecule has 1 rings (SSSR count). The highest BCUT2D eigenvalue weighted by molar-refractivity contribution is 9.10. The summed E-state index contributed by atoms with van der Waals surface area (Å²) in [6, 6.07) is 4.85. The molecule has 0 aliphatic heterocycles. The van der Waals surface area contributed by atoms with Gasteiger partial charge in [-0.3, -0.25) is 10.1 Å². The Bertz CT molecular complexity index is 438. The summed E-state index contributed by atoms with van der Waals surface area (Å²) in [5, 5.41) is 14.0. The number of thioether (sulfide) groups is 1. The summed E-state index contributed by atoms with van der Waals surface area (Å²) < 4.78 is 0.957. The van der Waals surface area contributed by atoms with Gasteiger partial charge in [0.15, 0.2) is 0 Å². The van der Waals surface area contributed by atoms with Crippen LogP contribution in [0.3, 0.4) is 0 Å². The molecule has 18 heavy (non-hydrogen) atoms. The number of nitrogens with zero attached hydrogens (tertiary/aromatic N) is 1. The molecule has 0 unspecified atom stereocenters. The minimum Gasteiger partial charge on any atom is -0.311 e. The van der Waals surface area contributed by atoms with Crippen molar-refractivity contribution in [2.75, 3.05) is 12.8 Å². The lowest BCUT2D eigenvalue weighted by molar-refractivity contribution is -0.384. The van der Waals surface area contributed by atoms with Crippen LogP contribution >= 0.6 is 27.7 Å². The predicted molar refractivity (Wildman–Crippen MR) is 80.1 cm³/mol. The SMILES string of the molecule is CSC(C)(C)CNCc1ccc([N+](=O)[O-])cc1Br. The summed E-state index contributed by atoms with van der Waals surface area (Å²) in [5.41, 5.74) is 1.13. The molecule has 0 heterocycles. The fraction of sp³-hybridized carbons (Fsp3) is 0.500. The lowest BCUT2D eigenvalue weighted by Crippen LogP contribution is -2.31. The molecule has 1 aromatic rings. The van der Waals surface area contributed by atoms with E-state index in [-0.39, 0.29) is 10.4 Å². The van der Waals surface area contributed by atoms with E-state index in [2.05, 4.69) is 41.3 Å². The molecule has 1 aromatic carbocycles. The van der Waals surface area contributed by atoms with Gasteiger partial charge in [0.05, 0.1) is 4.92 Å². The van der Waals surface area contributed by atoms with Crippen LogP contribution in [0.1, 0.15) is 19.4 Å². The van der Waals surface area contributed by atoms with Crippen LogP contribution in [0.5, 0.6) is 0 Å². The second kappa shape index (κ2) is 6.54. The van der Waals surface area contributed by atoms with Gasteiger partial charge in [0.1, 0.15) is 0 Å². The van der Waals surface area contributed by atoms with E-state index in [9.17, 15) is 10.1 Å². The standard InChI is InChI=1S/C12H17BrN2O2S/c1-12(2,18-3)8-14-7-9-4-5-10(15(16)17)6-11(9)13/h4-6,14H,7-8H2,1-3H3. The smallest absolute Gasteiger partial charge is 0.270 e. The third-order valence-electron chi connectivity index (χ3n) is 2.67. The van der Waals surface area contributed by atoms with Crippen molar-refractivity contribution >= 4 is 33.4 Å². The second-order valence-electron chi connectivity index (χ2n) is 4.60. The highest BCUT2D eigenvalue weighted by Gasteiger charge is 2.15. The number of benzene rings is 1. The van der Waals surface area contributed by atoms with Crippen LogP contribution in [0.25, 0.3) is 0 Å². The van der Waals surface area contributed by atoms with Gasteiger partial charge >= 0.3 is 0 Å².